The number of nitrogens with zero attached hydrogens (tertiary/aromatic N) is 3. The maximum absolute atomic E-state index is 13.9. The highest BCUT2D eigenvalue weighted by atomic mass is 16.5. The average Bonchev–Trinajstić information content (AvgIpc) is 3.37. The number of likely N-dealkylation sites (tertiary alicyclic amines) is 1. The van der Waals surface area contributed by atoms with E-state index in [0.29, 0.717) is 29.0 Å². The van der Waals surface area contributed by atoms with Gasteiger partial charge in [-0.05, 0) is 83.7 Å². The molecule has 0 bridgehead atoms. The summed E-state index contributed by atoms with van der Waals surface area (Å²) in [6, 6.07) is 15.6. The van der Waals surface area contributed by atoms with E-state index in [4.69, 9.17) is 4.74 Å². The number of benzene rings is 2. The van der Waals surface area contributed by atoms with Crippen molar-refractivity contribution in [2.45, 2.75) is 72.5 Å². The third-order valence-corrected chi connectivity index (χ3v) is 7.46. The number of rotatable bonds is 7. The van der Waals surface area contributed by atoms with Gasteiger partial charge in [-0.25, -0.2) is 5.10 Å². The molecule has 0 unspecified atom stereocenters. The van der Waals surface area contributed by atoms with Crippen LogP contribution in [0.2, 0.25) is 0 Å². The minimum absolute atomic E-state index is 0.107. The van der Waals surface area contributed by atoms with Crippen molar-refractivity contribution in [2.24, 2.45) is 5.41 Å². The SMILES string of the molecule is Cc1cccc([C@@H]2CC[C@H](C(C)(C)C#N)N2C(=O)[C@@H](C)NC(=O)c2ccc(Oc3cc(C)n[nH]c3=O)c(C)c2)c1. The Bertz CT molecular complexity index is 1540. The van der Waals surface area contributed by atoms with E-state index in [2.05, 4.69) is 27.6 Å². The Kier molecular flexibility index (Phi) is 8.10. The molecular weight excluding hydrogens is 506 g/mol. The third-order valence-electron chi connectivity index (χ3n) is 7.46. The van der Waals surface area contributed by atoms with Gasteiger partial charge >= 0.3 is 5.56 Å². The molecule has 3 aromatic rings. The van der Waals surface area contributed by atoms with Crippen LogP contribution in [0, 0.1) is 37.5 Å². The van der Waals surface area contributed by atoms with Crippen LogP contribution >= 0.6 is 0 Å². The minimum Gasteiger partial charge on any atom is -0.451 e. The number of nitriles is 1. The molecule has 2 amide bonds. The maximum Gasteiger partial charge on any atom is 0.307 e. The fourth-order valence-electron chi connectivity index (χ4n) is 5.25. The normalized spacial score (nSPS) is 17.7. The fourth-order valence-corrected chi connectivity index (χ4v) is 5.25. The zero-order valence-corrected chi connectivity index (χ0v) is 23.7. The Hall–Kier alpha value is -4.45. The van der Waals surface area contributed by atoms with E-state index in [1.807, 2.05) is 39.0 Å². The van der Waals surface area contributed by atoms with E-state index in [-0.39, 0.29) is 23.7 Å². The summed E-state index contributed by atoms with van der Waals surface area (Å²) in [5, 5.41) is 18.9. The van der Waals surface area contributed by atoms with Crippen molar-refractivity contribution in [3.8, 4) is 17.6 Å². The van der Waals surface area contributed by atoms with Crippen molar-refractivity contribution in [1.82, 2.24) is 20.4 Å². The van der Waals surface area contributed by atoms with Crippen molar-refractivity contribution in [1.29, 1.82) is 5.26 Å². The molecule has 2 heterocycles. The van der Waals surface area contributed by atoms with Gasteiger partial charge in [0.15, 0.2) is 5.75 Å². The molecule has 40 heavy (non-hydrogen) atoms. The lowest BCUT2D eigenvalue weighted by Crippen LogP contribution is -2.52. The lowest BCUT2D eigenvalue weighted by atomic mass is 9.84. The summed E-state index contributed by atoms with van der Waals surface area (Å²) in [6.45, 7) is 10.9. The van der Waals surface area contributed by atoms with Crippen molar-refractivity contribution < 1.29 is 14.3 Å². The van der Waals surface area contributed by atoms with Gasteiger partial charge in [-0.3, -0.25) is 14.4 Å². The summed E-state index contributed by atoms with van der Waals surface area (Å²) < 4.78 is 5.76. The van der Waals surface area contributed by atoms with E-state index < -0.39 is 22.9 Å². The molecule has 1 fully saturated rings. The molecule has 0 radical (unpaired) electrons. The van der Waals surface area contributed by atoms with Gasteiger partial charge in [-0.1, -0.05) is 29.8 Å². The molecule has 0 saturated carbocycles. The van der Waals surface area contributed by atoms with Gasteiger partial charge in [0.2, 0.25) is 5.91 Å². The molecule has 208 valence electrons. The molecule has 0 spiro atoms. The Morgan fingerprint density at radius 3 is 2.55 bits per heavy atom. The number of nitrogens with one attached hydrogen (secondary N) is 2. The van der Waals surface area contributed by atoms with E-state index in [0.717, 1.165) is 17.5 Å². The molecule has 0 aliphatic carbocycles. The van der Waals surface area contributed by atoms with Gasteiger partial charge in [0, 0.05) is 11.6 Å². The standard InChI is InChI=1S/C31H35N5O4/c1-18-8-7-9-22(14-18)24-11-13-27(31(5,6)17-32)36(24)30(39)21(4)33-28(37)23-10-12-25(19(2)15-23)40-26-16-20(3)34-35-29(26)38/h7-10,12,14-16,21,24,27H,11,13H2,1-6H3,(H,33,37)(H,35,38)/t21-,24+,27-/m1/s1. The Labute approximate surface area is 234 Å². The number of hydrogen-bond donors (Lipinski definition) is 2. The van der Waals surface area contributed by atoms with Gasteiger partial charge in [0.05, 0.1) is 29.3 Å². The second kappa shape index (κ2) is 11.3. The van der Waals surface area contributed by atoms with Crippen LogP contribution in [0.15, 0.2) is 53.3 Å². The smallest absolute Gasteiger partial charge is 0.307 e. The topological polar surface area (TPSA) is 128 Å². The van der Waals surface area contributed by atoms with Crippen LogP contribution in [0.5, 0.6) is 11.5 Å². The van der Waals surface area contributed by atoms with Crippen molar-refractivity contribution in [3.05, 3.63) is 86.8 Å². The number of aromatic amines is 1. The van der Waals surface area contributed by atoms with Crippen LogP contribution in [0.25, 0.3) is 0 Å². The highest BCUT2D eigenvalue weighted by molar-refractivity contribution is 5.98. The summed E-state index contributed by atoms with van der Waals surface area (Å²) in [7, 11) is 0. The Morgan fingerprint density at radius 1 is 1.12 bits per heavy atom. The quantitative estimate of drug-likeness (QED) is 0.438. The largest absolute Gasteiger partial charge is 0.451 e. The summed E-state index contributed by atoms with van der Waals surface area (Å²) in [5.74, 6) is -0.0998. The molecule has 3 atom stereocenters. The van der Waals surface area contributed by atoms with E-state index in [1.165, 1.54) is 6.07 Å². The number of carbonyl (C=O) groups excluding carboxylic acids is 2. The average molecular weight is 542 g/mol. The highest BCUT2D eigenvalue weighted by Gasteiger charge is 2.46. The van der Waals surface area contributed by atoms with Gasteiger partial charge in [-0.15, -0.1) is 0 Å². The third kappa shape index (κ3) is 5.91. The predicted octanol–water partition coefficient (Wildman–Crippen LogP) is 4.89. The van der Waals surface area contributed by atoms with Crippen molar-refractivity contribution in [3.63, 3.8) is 0 Å². The molecular formula is C31H35N5O4. The van der Waals surface area contributed by atoms with E-state index >= 15 is 0 Å². The van der Waals surface area contributed by atoms with Gasteiger partial charge in [0.25, 0.3) is 5.91 Å². The number of amides is 2. The predicted molar refractivity (Wildman–Crippen MR) is 151 cm³/mol. The molecule has 4 rings (SSSR count). The number of ether oxygens (including phenoxy) is 1. The number of carbonyl (C=O) groups is 2. The minimum atomic E-state index is -0.815. The summed E-state index contributed by atoms with van der Waals surface area (Å²) >= 11 is 0. The molecule has 1 saturated heterocycles. The van der Waals surface area contributed by atoms with Crippen LogP contribution in [-0.4, -0.2) is 39.0 Å². The fraction of sp³-hybridized carbons (Fsp3) is 0.387. The number of aromatic nitrogens is 2. The second-order valence-corrected chi connectivity index (χ2v) is 11.1. The van der Waals surface area contributed by atoms with Gasteiger partial charge in [0.1, 0.15) is 11.8 Å². The second-order valence-electron chi connectivity index (χ2n) is 11.1. The van der Waals surface area contributed by atoms with Gasteiger partial charge in [-0.2, -0.15) is 10.4 Å². The molecule has 1 aliphatic rings. The zero-order chi connectivity index (χ0) is 29.2. The highest BCUT2D eigenvalue weighted by Crippen LogP contribution is 2.43. The summed E-state index contributed by atoms with van der Waals surface area (Å²) in [5.41, 5.74) is 2.52. The lowest BCUT2D eigenvalue weighted by Gasteiger charge is -2.38. The molecule has 2 aromatic carbocycles. The Balaban J connectivity index is 1.53. The molecule has 9 nitrogen and oxygen atoms in total. The molecule has 9 heteroatoms. The summed E-state index contributed by atoms with van der Waals surface area (Å²) in [6.07, 6.45) is 1.44. The van der Waals surface area contributed by atoms with Crippen LogP contribution in [0.1, 0.15) is 72.4 Å². The molecule has 2 N–H and O–H groups in total. The van der Waals surface area contributed by atoms with E-state index in [1.54, 1.807) is 43.9 Å². The maximum atomic E-state index is 13.9. The van der Waals surface area contributed by atoms with Crippen LogP contribution in [-0.2, 0) is 4.79 Å². The van der Waals surface area contributed by atoms with Crippen LogP contribution in [0.3, 0.4) is 0 Å². The number of H-pyrrole nitrogens is 1. The molecule has 1 aliphatic heterocycles. The first-order valence-electron chi connectivity index (χ1n) is 13.4. The Morgan fingerprint density at radius 2 is 1.88 bits per heavy atom. The zero-order valence-electron chi connectivity index (χ0n) is 23.7. The number of hydrogen-bond acceptors (Lipinski definition) is 6. The molecule has 1 aromatic heterocycles. The summed E-state index contributed by atoms with van der Waals surface area (Å²) in [4.78, 5) is 40.9. The van der Waals surface area contributed by atoms with Gasteiger partial charge < -0.3 is 15.0 Å². The lowest BCUT2D eigenvalue weighted by molar-refractivity contribution is -0.137. The number of aryl methyl sites for hydroxylation is 3. The van der Waals surface area contributed by atoms with Crippen molar-refractivity contribution in [2.75, 3.05) is 0 Å². The monoisotopic (exact) mass is 541 g/mol. The van der Waals surface area contributed by atoms with Crippen molar-refractivity contribution >= 4 is 11.8 Å². The first-order valence-corrected chi connectivity index (χ1v) is 13.4. The van der Waals surface area contributed by atoms with E-state index in [9.17, 15) is 19.6 Å². The van der Waals surface area contributed by atoms with Crippen LogP contribution in [0.4, 0.5) is 0 Å². The van der Waals surface area contributed by atoms with Crippen LogP contribution < -0.4 is 15.6 Å². The first-order chi connectivity index (χ1) is 18.9. The first kappa shape index (κ1) is 28.6.